The third-order valence-electron chi connectivity index (χ3n) is 6.68. The van der Waals surface area contributed by atoms with Gasteiger partial charge in [-0.05, 0) is 74.4 Å². The number of aromatic nitrogens is 2. The minimum atomic E-state index is -0.272. The summed E-state index contributed by atoms with van der Waals surface area (Å²) in [5, 5.41) is 5.04. The lowest BCUT2D eigenvalue weighted by Crippen LogP contribution is -2.33. The SMILES string of the molecule is Fc1ccc(COc2ccc(Cl)cc2/C=N\Nc2cc(N3CCCCC3)nc(N3CCCCC3)n2)cc1. The van der Waals surface area contributed by atoms with Crippen LogP contribution in [0, 0.1) is 5.82 Å². The molecule has 5 rings (SSSR count). The first-order chi connectivity index (χ1) is 18.1. The summed E-state index contributed by atoms with van der Waals surface area (Å²) in [5.41, 5.74) is 4.70. The normalized spacial score (nSPS) is 16.3. The van der Waals surface area contributed by atoms with Gasteiger partial charge < -0.3 is 14.5 Å². The van der Waals surface area contributed by atoms with E-state index in [-0.39, 0.29) is 5.82 Å². The van der Waals surface area contributed by atoms with Crippen molar-refractivity contribution in [3.63, 3.8) is 0 Å². The maximum atomic E-state index is 13.2. The van der Waals surface area contributed by atoms with Gasteiger partial charge in [0, 0.05) is 42.8 Å². The highest BCUT2D eigenvalue weighted by Crippen LogP contribution is 2.26. The maximum Gasteiger partial charge on any atom is 0.229 e. The molecule has 0 aliphatic carbocycles. The van der Waals surface area contributed by atoms with Crippen molar-refractivity contribution in [3.05, 3.63) is 70.5 Å². The molecule has 1 aromatic heterocycles. The van der Waals surface area contributed by atoms with Crippen LogP contribution in [0.3, 0.4) is 0 Å². The molecule has 2 fully saturated rings. The van der Waals surface area contributed by atoms with Crippen LogP contribution in [0.1, 0.15) is 49.7 Å². The summed E-state index contributed by atoms with van der Waals surface area (Å²) < 4.78 is 19.2. The second kappa shape index (κ2) is 12.2. The van der Waals surface area contributed by atoms with Gasteiger partial charge in [0.05, 0.1) is 6.21 Å². The van der Waals surface area contributed by atoms with Crippen LogP contribution in [-0.4, -0.2) is 42.4 Å². The van der Waals surface area contributed by atoms with Crippen molar-refractivity contribution in [2.45, 2.75) is 45.1 Å². The van der Waals surface area contributed by atoms with Gasteiger partial charge in [-0.1, -0.05) is 23.7 Å². The van der Waals surface area contributed by atoms with E-state index in [1.54, 1.807) is 36.5 Å². The minimum absolute atomic E-state index is 0.272. The van der Waals surface area contributed by atoms with Gasteiger partial charge in [-0.2, -0.15) is 15.1 Å². The van der Waals surface area contributed by atoms with Gasteiger partial charge in [0.15, 0.2) is 5.82 Å². The van der Waals surface area contributed by atoms with Crippen molar-refractivity contribution < 1.29 is 9.13 Å². The number of halogens is 2. The molecule has 2 saturated heterocycles. The van der Waals surface area contributed by atoms with Crippen LogP contribution in [0.15, 0.2) is 53.6 Å². The molecule has 37 heavy (non-hydrogen) atoms. The molecule has 0 amide bonds. The zero-order valence-electron chi connectivity index (χ0n) is 20.9. The average molecular weight is 523 g/mol. The molecule has 1 N–H and O–H groups in total. The standard InChI is InChI=1S/C28H32ClFN6O/c29-23-9-12-25(37-20-21-7-10-24(30)11-8-21)22(17-23)19-31-34-26-18-27(35-13-3-1-4-14-35)33-28(32-26)36-15-5-2-6-16-36/h7-12,17-19H,1-6,13-16,20H2,(H,32,33,34)/b31-19-. The predicted molar refractivity (Wildman–Crippen MR) is 148 cm³/mol. The van der Waals surface area contributed by atoms with E-state index >= 15 is 0 Å². The number of rotatable bonds is 8. The lowest BCUT2D eigenvalue weighted by Gasteiger charge is -2.31. The summed E-state index contributed by atoms with van der Waals surface area (Å²) in [5.74, 6) is 2.71. The number of hydrogen-bond acceptors (Lipinski definition) is 7. The Morgan fingerprint density at radius 3 is 2.32 bits per heavy atom. The average Bonchev–Trinajstić information content (AvgIpc) is 2.94. The minimum Gasteiger partial charge on any atom is -0.488 e. The summed E-state index contributed by atoms with van der Waals surface area (Å²) in [6.07, 6.45) is 8.87. The van der Waals surface area contributed by atoms with Gasteiger partial charge in [0.25, 0.3) is 0 Å². The molecule has 0 saturated carbocycles. The number of anilines is 3. The van der Waals surface area contributed by atoms with Crippen molar-refractivity contribution in [1.29, 1.82) is 0 Å². The molecule has 0 bridgehead atoms. The molecule has 7 nitrogen and oxygen atoms in total. The molecule has 0 atom stereocenters. The van der Waals surface area contributed by atoms with E-state index in [0.717, 1.165) is 61.9 Å². The molecular formula is C28H32ClFN6O. The molecule has 2 aromatic carbocycles. The predicted octanol–water partition coefficient (Wildman–Crippen LogP) is 6.27. The summed E-state index contributed by atoms with van der Waals surface area (Å²) in [6.45, 7) is 4.28. The Morgan fingerprint density at radius 2 is 1.59 bits per heavy atom. The Balaban J connectivity index is 1.33. The largest absolute Gasteiger partial charge is 0.488 e. The molecule has 3 aromatic rings. The molecule has 0 unspecified atom stereocenters. The Labute approximate surface area is 222 Å². The van der Waals surface area contributed by atoms with Crippen LogP contribution in [0.4, 0.5) is 22.0 Å². The second-order valence-electron chi connectivity index (χ2n) is 9.47. The summed E-state index contributed by atoms with van der Waals surface area (Å²) in [4.78, 5) is 14.3. The van der Waals surface area contributed by atoms with Gasteiger partial charge in [0.1, 0.15) is 24.0 Å². The zero-order valence-corrected chi connectivity index (χ0v) is 21.6. The lowest BCUT2D eigenvalue weighted by molar-refractivity contribution is 0.305. The van der Waals surface area contributed by atoms with Gasteiger partial charge >= 0.3 is 0 Å². The van der Waals surface area contributed by atoms with E-state index in [1.165, 1.54) is 37.8 Å². The van der Waals surface area contributed by atoms with E-state index < -0.39 is 0 Å². The third kappa shape index (κ3) is 6.89. The number of piperidine rings is 2. The number of nitrogens with zero attached hydrogens (tertiary/aromatic N) is 5. The van der Waals surface area contributed by atoms with Gasteiger partial charge in [-0.25, -0.2) is 4.39 Å². The smallest absolute Gasteiger partial charge is 0.229 e. The van der Waals surface area contributed by atoms with E-state index in [2.05, 4.69) is 20.3 Å². The Morgan fingerprint density at radius 1 is 0.892 bits per heavy atom. The molecule has 2 aliphatic heterocycles. The zero-order chi connectivity index (χ0) is 25.5. The third-order valence-corrected chi connectivity index (χ3v) is 6.92. The fourth-order valence-corrected chi connectivity index (χ4v) is 4.84. The van der Waals surface area contributed by atoms with Gasteiger partial charge in [-0.15, -0.1) is 0 Å². The number of benzene rings is 2. The first kappa shape index (κ1) is 25.3. The van der Waals surface area contributed by atoms with Gasteiger partial charge in [0.2, 0.25) is 5.95 Å². The molecule has 0 spiro atoms. The Hall–Kier alpha value is -3.39. The van der Waals surface area contributed by atoms with Crippen LogP contribution in [0.25, 0.3) is 0 Å². The maximum absolute atomic E-state index is 13.2. The Bertz CT molecular complexity index is 1170. The van der Waals surface area contributed by atoms with Crippen molar-refractivity contribution in [2.24, 2.45) is 5.10 Å². The Kier molecular flexibility index (Phi) is 8.35. The summed E-state index contributed by atoms with van der Waals surface area (Å²) >= 11 is 6.25. The molecule has 9 heteroatoms. The first-order valence-electron chi connectivity index (χ1n) is 13.0. The van der Waals surface area contributed by atoms with Crippen molar-refractivity contribution in [3.8, 4) is 5.75 Å². The van der Waals surface area contributed by atoms with E-state index in [0.29, 0.717) is 23.2 Å². The van der Waals surface area contributed by atoms with Gasteiger partial charge in [-0.3, -0.25) is 5.43 Å². The second-order valence-corrected chi connectivity index (χ2v) is 9.91. The van der Waals surface area contributed by atoms with Crippen LogP contribution in [-0.2, 0) is 6.61 Å². The summed E-state index contributed by atoms with van der Waals surface area (Å²) in [6, 6.07) is 13.6. The highest BCUT2D eigenvalue weighted by molar-refractivity contribution is 6.30. The van der Waals surface area contributed by atoms with Crippen LogP contribution >= 0.6 is 11.6 Å². The van der Waals surface area contributed by atoms with E-state index in [9.17, 15) is 4.39 Å². The van der Waals surface area contributed by atoms with E-state index in [4.69, 9.17) is 26.3 Å². The molecule has 0 radical (unpaired) electrons. The highest BCUT2D eigenvalue weighted by atomic mass is 35.5. The highest BCUT2D eigenvalue weighted by Gasteiger charge is 2.19. The quantitative estimate of drug-likeness (QED) is 0.277. The van der Waals surface area contributed by atoms with Crippen LogP contribution < -0.4 is 20.0 Å². The monoisotopic (exact) mass is 522 g/mol. The number of hydrazone groups is 1. The molecule has 3 heterocycles. The van der Waals surface area contributed by atoms with Crippen LogP contribution in [0.5, 0.6) is 5.75 Å². The molecule has 2 aliphatic rings. The fraction of sp³-hybridized carbons (Fsp3) is 0.393. The van der Waals surface area contributed by atoms with Crippen molar-refractivity contribution in [1.82, 2.24) is 9.97 Å². The number of nitrogens with one attached hydrogen (secondary N) is 1. The fourth-order valence-electron chi connectivity index (χ4n) is 4.66. The molecular weight excluding hydrogens is 491 g/mol. The topological polar surface area (TPSA) is 65.9 Å². The van der Waals surface area contributed by atoms with Crippen LogP contribution in [0.2, 0.25) is 5.02 Å². The molecule has 194 valence electrons. The summed E-state index contributed by atoms with van der Waals surface area (Å²) in [7, 11) is 0. The number of ether oxygens (including phenoxy) is 1. The van der Waals surface area contributed by atoms with E-state index in [1.807, 2.05) is 6.07 Å². The first-order valence-corrected chi connectivity index (χ1v) is 13.4. The van der Waals surface area contributed by atoms with Crippen molar-refractivity contribution >= 4 is 35.4 Å². The lowest BCUT2D eigenvalue weighted by atomic mass is 10.1. The van der Waals surface area contributed by atoms with Crippen molar-refractivity contribution in [2.75, 3.05) is 41.4 Å². The number of hydrogen-bond donors (Lipinski definition) is 1.